The number of ether oxygens (including phenoxy) is 1. The van der Waals surface area contributed by atoms with Crippen LogP contribution in [0.3, 0.4) is 0 Å². The molecule has 1 fully saturated rings. The number of sulfonamides is 1. The minimum absolute atomic E-state index is 0.0416. The molecule has 0 unspecified atom stereocenters. The molecule has 1 saturated carbocycles. The summed E-state index contributed by atoms with van der Waals surface area (Å²) < 4.78 is 40.9. The Balaban J connectivity index is 1.76. The van der Waals surface area contributed by atoms with Crippen LogP contribution < -0.4 is 15.0 Å². The van der Waals surface area contributed by atoms with E-state index in [9.17, 15) is 13.2 Å². The first-order valence-corrected chi connectivity index (χ1v) is 12.0. The van der Waals surface area contributed by atoms with E-state index in [-0.39, 0.29) is 22.2 Å². The SMILES string of the molecule is COc1ccc(-c2ccc(=O)n(-c3c(C)noc3C)n2)cc1S(=O)(=O)NC1CCCCC1. The number of aromatic nitrogens is 3. The second kappa shape index (κ2) is 8.87. The summed E-state index contributed by atoms with van der Waals surface area (Å²) in [5, 5.41) is 8.33. The molecular weight excluding hydrogens is 432 g/mol. The number of methoxy groups -OCH3 is 1. The first kappa shape index (κ1) is 22.2. The van der Waals surface area contributed by atoms with Crippen LogP contribution in [-0.2, 0) is 10.0 Å². The van der Waals surface area contributed by atoms with Crippen LogP contribution in [0.5, 0.6) is 5.75 Å². The van der Waals surface area contributed by atoms with Crippen molar-refractivity contribution in [2.75, 3.05) is 7.11 Å². The Kier molecular flexibility index (Phi) is 6.16. The molecule has 32 heavy (non-hydrogen) atoms. The van der Waals surface area contributed by atoms with Gasteiger partial charge in [0, 0.05) is 17.7 Å². The first-order valence-electron chi connectivity index (χ1n) is 10.5. The summed E-state index contributed by atoms with van der Waals surface area (Å²) in [5.41, 5.74) is 1.63. The highest BCUT2D eigenvalue weighted by atomic mass is 32.2. The fourth-order valence-corrected chi connectivity index (χ4v) is 5.56. The lowest BCUT2D eigenvalue weighted by atomic mass is 9.96. The molecule has 1 aliphatic rings. The third kappa shape index (κ3) is 4.33. The standard InChI is InChI=1S/C22H26N4O5S/c1-14-22(15(2)31-24-14)26-21(27)12-10-18(23-26)16-9-11-19(30-3)20(13-16)32(28,29)25-17-7-5-4-6-8-17/h9-13,17,25H,4-8H2,1-3H3. The molecule has 0 saturated heterocycles. The predicted octanol–water partition coefficient (Wildman–Crippen LogP) is 3.12. The van der Waals surface area contributed by atoms with Gasteiger partial charge in [-0.3, -0.25) is 4.79 Å². The largest absolute Gasteiger partial charge is 0.495 e. The first-order chi connectivity index (χ1) is 15.3. The van der Waals surface area contributed by atoms with Crippen molar-refractivity contribution in [1.29, 1.82) is 0 Å². The van der Waals surface area contributed by atoms with Crippen LogP contribution >= 0.6 is 0 Å². The van der Waals surface area contributed by atoms with Crippen molar-refractivity contribution in [3.8, 4) is 22.7 Å². The van der Waals surface area contributed by atoms with Gasteiger partial charge in [0.25, 0.3) is 5.56 Å². The lowest BCUT2D eigenvalue weighted by Crippen LogP contribution is -2.36. The van der Waals surface area contributed by atoms with Crippen molar-refractivity contribution in [1.82, 2.24) is 19.7 Å². The Morgan fingerprint density at radius 3 is 2.53 bits per heavy atom. The molecule has 1 aliphatic carbocycles. The number of benzene rings is 1. The zero-order valence-corrected chi connectivity index (χ0v) is 19.1. The molecule has 2 aromatic heterocycles. The van der Waals surface area contributed by atoms with Crippen LogP contribution in [-0.4, -0.2) is 36.5 Å². The summed E-state index contributed by atoms with van der Waals surface area (Å²) in [5.74, 6) is 0.708. The highest BCUT2D eigenvalue weighted by molar-refractivity contribution is 7.89. The fraction of sp³-hybridized carbons (Fsp3) is 0.409. The number of hydrogen-bond donors (Lipinski definition) is 1. The third-order valence-corrected chi connectivity index (χ3v) is 7.23. The van der Waals surface area contributed by atoms with E-state index in [4.69, 9.17) is 9.26 Å². The maximum absolute atomic E-state index is 13.2. The highest BCUT2D eigenvalue weighted by Gasteiger charge is 2.26. The van der Waals surface area contributed by atoms with E-state index >= 15 is 0 Å². The molecule has 0 radical (unpaired) electrons. The molecule has 0 bridgehead atoms. The van der Waals surface area contributed by atoms with Gasteiger partial charge in [0.2, 0.25) is 10.0 Å². The Labute approximate surface area is 186 Å². The molecule has 1 N–H and O–H groups in total. The topological polar surface area (TPSA) is 116 Å². The molecule has 170 valence electrons. The highest BCUT2D eigenvalue weighted by Crippen LogP contribution is 2.30. The van der Waals surface area contributed by atoms with E-state index in [1.165, 1.54) is 23.9 Å². The lowest BCUT2D eigenvalue weighted by Gasteiger charge is -2.23. The molecular formula is C22H26N4O5S. The summed E-state index contributed by atoms with van der Waals surface area (Å²) in [4.78, 5) is 12.5. The predicted molar refractivity (Wildman–Crippen MR) is 119 cm³/mol. The molecule has 3 aromatic rings. The molecule has 0 spiro atoms. The lowest BCUT2D eigenvalue weighted by molar-refractivity contribution is 0.392. The van der Waals surface area contributed by atoms with Gasteiger partial charge in [0.1, 0.15) is 22.0 Å². The van der Waals surface area contributed by atoms with Crippen LogP contribution in [0, 0.1) is 13.8 Å². The van der Waals surface area contributed by atoms with Gasteiger partial charge in [-0.2, -0.15) is 9.78 Å². The normalized spacial score (nSPS) is 15.1. The Hall–Kier alpha value is -2.98. The minimum atomic E-state index is -3.80. The maximum Gasteiger partial charge on any atom is 0.271 e. The van der Waals surface area contributed by atoms with Gasteiger partial charge in [0.15, 0.2) is 5.76 Å². The van der Waals surface area contributed by atoms with Crippen molar-refractivity contribution < 1.29 is 17.7 Å². The Morgan fingerprint density at radius 1 is 1.12 bits per heavy atom. The molecule has 2 heterocycles. The summed E-state index contributed by atoms with van der Waals surface area (Å²) in [6, 6.07) is 7.69. The van der Waals surface area contributed by atoms with Crippen LogP contribution in [0.1, 0.15) is 43.6 Å². The second-order valence-electron chi connectivity index (χ2n) is 7.96. The number of rotatable bonds is 6. The average Bonchev–Trinajstić information content (AvgIpc) is 3.12. The minimum Gasteiger partial charge on any atom is -0.495 e. The number of aryl methyl sites for hydroxylation is 2. The summed E-state index contributed by atoms with van der Waals surface area (Å²) in [6.45, 7) is 3.42. The van der Waals surface area contributed by atoms with E-state index in [2.05, 4.69) is 15.0 Å². The zero-order valence-electron chi connectivity index (χ0n) is 18.3. The smallest absolute Gasteiger partial charge is 0.271 e. The van der Waals surface area contributed by atoms with Crippen molar-refractivity contribution in [3.05, 3.63) is 52.1 Å². The Morgan fingerprint density at radius 2 is 1.88 bits per heavy atom. The average molecular weight is 459 g/mol. The van der Waals surface area contributed by atoms with Crippen molar-refractivity contribution >= 4 is 10.0 Å². The van der Waals surface area contributed by atoms with E-state index in [0.29, 0.717) is 28.4 Å². The van der Waals surface area contributed by atoms with Gasteiger partial charge in [0.05, 0.1) is 12.8 Å². The molecule has 1 aromatic carbocycles. The van der Waals surface area contributed by atoms with Crippen molar-refractivity contribution in [2.24, 2.45) is 0 Å². The van der Waals surface area contributed by atoms with Gasteiger partial charge in [-0.15, -0.1) is 0 Å². The van der Waals surface area contributed by atoms with Crippen molar-refractivity contribution in [2.45, 2.75) is 56.9 Å². The van der Waals surface area contributed by atoms with Crippen molar-refractivity contribution in [3.63, 3.8) is 0 Å². The van der Waals surface area contributed by atoms with Crippen LogP contribution in [0.4, 0.5) is 0 Å². The Bertz CT molecular complexity index is 1270. The fourth-order valence-electron chi connectivity index (χ4n) is 4.06. The summed E-state index contributed by atoms with van der Waals surface area (Å²) in [6.07, 6.45) is 4.80. The molecule has 10 heteroatoms. The van der Waals surface area contributed by atoms with Gasteiger partial charge >= 0.3 is 0 Å². The maximum atomic E-state index is 13.2. The van der Waals surface area contributed by atoms with E-state index < -0.39 is 10.0 Å². The van der Waals surface area contributed by atoms with Gasteiger partial charge in [-0.05, 0) is 51.0 Å². The summed E-state index contributed by atoms with van der Waals surface area (Å²) in [7, 11) is -2.37. The molecule has 0 amide bonds. The van der Waals surface area contributed by atoms with Crippen LogP contribution in [0.25, 0.3) is 16.9 Å². The van der Waals surface area contributed by atoms with Gasteiger partial charge < -0.3 is 9.26 Å². The molecule has 0 atom stereocenters. The molecule has 0 aliphatic heterocycles. The van der Waals surface area contributed by atoms with Crippen LogP contribution in [0.2, 0.25) is 0 Å². The quantitative estimate of drug-likeness (QED) is 0.603. The monoisotopic (exact) mass is 458 g/mol. The number of hydrogen-bond acceptors (Lipinski definition) is 7. The zero-order chi connectivity index (χ0) is 22.9. The van der Waals surface area contributed by atoms with Gasteiger partial charge in [-0.25, -0.2) is 13.1 Å². The van der Waals surface area contributed by atoms with E-state index in [1.807, 2.05) is 0 Å². The van der Waals surface area contributed by atoms with Gasteiger partial charge in [-0.1, -0.05) is 24.4 Å². The number of nitrogens with zero attached hydrogens (tertiary/aromatic N) is 3. The van der Waals surface area contributed by atoms with E-state index in [0.717, 1.165) is 32.1 Å². The van der Waals surface area contributed by atoms with E-state index in [1.54, 1.807) is 32.0 Å². The number of nitrogens with one attached hydrogen (secondary N) is 1. The molecule has 4 rings (SSSR count). The van der Waals surface area contributed by atoms with Crippen LogP contribution in [0.15, 0.2) is 44.5 Å². The molecule has 9 nitrogen and oxygen atoms in total. The second-order valence-corrected chi connectivity index (χ2v) is 9.65. The third-order valence-electron chi connectivity index (χ3n) is 5.68. The summed E-state index contributed by atoms with van der Waals surface area (Å²) >= 11 is 0.